The Bertz CT molecular complexity index is 310. The van der Waals surface area contributed by atoms with Crippen molar-refractivity contribution in [2.24, 2.45) is 11.1 Å². The van der Waals surface area contributed by atoms with Crippen LogP contribution in [-0.4, -0.2) is 24.6 Å². The number of hydrogen-bond donors (Lipinski definition) is 2. The molecule has 0 aromatic heterocycles. The van der Waals surface area contributed by atoms with Gasteiger partial charge in [-0.2, -0.15) is 0 Å². The lowest BCUT2D eigenvalue weighted by atomic mass is 9.70. The van der Waals surface area contributed by atoms with Gasteiger partial charge in [0.15, 0.2) is 0 Å². The lowest BCUT2D eigenvalue weighted by Gasteiger charge is -2.34. The Kier molecular flexibility index (Phi) is 6.12. The molecule has 0 aliphatic heterocycles. The zero-order valence-electron chi connectivity index (χ0n) is 12.0. The minimum Gasteiger partial charge on any atom is -0.447 e. The second-order valence-electron chi connectivity index (χ2n) is 5.69. The maximum atomic E-state index is 11.7. The van der Waals surface area contributed by atoms with Gasteiger partial charge < -0.3 is 15.8 Å². The molecule has 2 amide bonds. The molecule has 0 saturated heterocycles. The molecule has 19 heavy (non-hydrogen) atoms. The maximum Gasteiger partial charge on any atom is 0.407 e. The summed E-state index contributed by atoms with van der Waals surface area (Å²) in [6.07, 6.45) is 6.12. The van der Waals surface area contributed by atoms with E-state index >= 15 is 0 Å². The highest BCUT2D eigenvalue weighted by Crippen LogP contribution is 2.39. The van der Waals surface area contributed by atoms with E-state index in [1.54, 1.807) is 0 Å². The topological polar surface area (TPSA) is 81.4 Å². The van der Waals surface area contributed by atoms with Crippen molar-refractivity contribution >= 4 is 12.0 Å². The molecular weight excluding hydrogens is 244 g/mol. The molecule has 0 unspecified atom stereocenters. The number of nitrogens with one attached hydrogen (secondary N) is 1. The molecule has 5 heteroatoms. The Morgan fingerprint density at radius 1 is 1.26 bits per heavy atom. The van der Waals surface area contributed by atoms with Gasteiger partial charge >= 0.3 is 6.09 Å². The largest absolute Gasteiger partial charge is 0.447 e. The summed E-state index contributed by atoms with van der Waals surface area (Å²) in [4.78, 5) is 23.0. The number of carbonyl (C=O) groups excluding carboxylic acids is 2. The van der Waals surface area contributed by atoms with Gasteiger partial charge in [-0.1, -0.05) is 19.3 Å². The van der Waals surface area contributed by atoms with Gasteiger partial charge in [-0.3, -0.25) is 4.79 Å². The number of primary amides is 1. The molecular formula is C14H26N2O3. The summed E-state index contributed by atoms with van der Waals surface area (Å²) >= 11 is 0. The lowest BCUT2D eigenvalue weighted by molar-refractivity contribution is -0.130. The van der Waals surface area contributed by atoms with Crippen molar-refractivity contribution in [3.8, 4) is 0 Å². The second-order valence-corrected chi connectivity index (χ2v) is 5.69. The van der Waals surface area contributed by atoms with E-state index in [4.69, 9.17) is 10.5 Å². The molecule has 0 bridgehead atoms. The summed E-state index contributed by atoms with van der Waals surface area (Å²) in [5.41, 5.74) is 5.21. The van der Waals surface area contributed by atoms with Gasteiger partial charge in [0.2, 0.25) is 5.91 Å². The third-order valence-corrected chi connectivity index (χ3v) is 3.78. The van der Waals surface area contributed by atoms with E-state index in [9.17, 15) is 9.59 Å². The zero-order chi connectivity index (χ0) is 14.3. The van der Waals surface area contributed by atoms with Crippen LogP contribution in [0.15, 0.2) is 0 Å². The van der Waals surface area contributed by atoms with E-state index in [-0.39, 0.29) is 17.4 Å². The van der Waals surface area contributed by atoms with E-state index in [0.717, 1.165) is 38.5 Å². The number of ether oxygens (including phenoxy) is 1. The summed E-state index contributed by atoms with van der Waals surface area (Å²) in [5, 5.41) is 2.70. The van der Waals surface area contributed by atoms with Crippen LogP contribution in [0.5, 0.6) is 0 Å². The van der Waals surface area contributed by atoms with Crippen LogP contribution in [0.1, 0.15) is 58.8 Å². The first-order chi connectivity index (χ1) is 8.96. The molecule has 0 spiro atoms. The molecule has 3 N–H and O–H groups in total. The van der Waals surface area contributed by atoms with E-state index in [1.165, 1.54) is 6.42 Å². The number of nitrogens with two attached hydrogens (primary N) is 1. The zero-order valence-corrected chi connectivity index (χ0v) is 12.0. The van der Waals surface area contributed by atoms with Crippen LogP contribution in [0.4, 0.5) is 4.79 Å². The van der Waals surface area contributed by atoms with Crippen molar-refractivity contribution in [2.45, 2.75) is 64.9 Å². The standard InChI is InChI=1S/C14H26N2O3/c1-11(2)19-13(18)16-10-6-9-14(12(15)17)7-4-3-5-8-14/h11H,3-10H2,1-2H3,(H2,15,17)(H,16,18). The first-order valence-corrected chi connectivity index (χ1v) is 7.21. The minimum atomic E-state index is -0.397. The van der Waals surface area contributed by atoms with Gasteiger partial charge in [0, 0.05) is 12.0 Å². The molecule has 0 aromatic rings. The van der Waals surface area contributed by atoms with Crippen molar-refractivity contribution in [1.29, 1.82) is 0 Å². The van der Waals surface area contributed by atoms with Gasteiger partial charge in [0.05, 0.1) is 6.10 Å². The molecule has 1 fully saturated rings. The second kappa shape index (κ2) is 7.36. The molecule has 0 radical (unpaired) electrons. The molecule has 5 nitrogen and oxygen atoms in total. The van der Waals surface area contributed by atoms with Gasteiger partial charge in [0.25, 0.3) is 0 Å². The molecule has 1 aliphatic rings. The Balaban J connectivity index is 2.29. The number of rotatable bonds is 6. The normalized spacial score (nSPS) is 18.1. The van der Waals surface area contributed by atoms with E-state index in [2.05, 4.69) is 5.32 Å². The summed E-state index contributed by atoms with van der Waals surface area (Å²) in [5.74, 6) is -0.183. The van der Waals surface area contributed by atoms with Crippen molar-refractivity contribution in [1.82, 2.24) is 5.32 Å². The average molecular weight is 270 g/mol. The Hall–Kier alpha value is -1.26. The third kappa shape index (κ3) is 5.09. The van der Waals surface area contributed by atoms with Gasteiger partial charge in [-0.25, -0.2) is 4.79 Å². The fourth-order valence-corrected chi connectivity index (χ4v) is 2.72. The summed E-state index contributed by atoms with van der Waals surface area (Å²) in [7, 11) is 0. The fourth-order valence-electron chi connectivity index (χ4n) is 2.72. The molecule has 0 aromatic carbocycles. The van der Waals surface area contributed by atoms with Gasteiger partial charge in [-0.05, 0) is 39.5 Å². The molecule has 0 heterocycles. The minimum absolute atomic E-state index is 0.115. The predicted octanol–water partition coefficient (Wildman–Crippen LogP) is 2.34. The van der Waals surface area contributed by atoms with Crippen LogP contribution < -0.4 is 11.1 Å². The van der Waals surface area contributed by atoms with E-state index < -0.39 is 6.09 Å². The average Bonchev–Trinajstić information content (AvgIpc) is 2.35. The van der Waals surface area contributed by atoms with Crippen LogP contribution in [0.25, 0.3) is 0 Å². The van der Waals surface area contributed by atoms with Gasteiger partial charge in [0.1, 0.15) is 0 Å². The first-order valence-electron chi connectivity index (χ1n) is 7.21. The van der Waals surface area contributed by atoms with Crippen LogP contribution in [0.3, 0.4) is 0 Å². The monoisotopic (exact) mass is 270 g/mol. The van der Waals surface area contributed by atoms with Gasteiger partial charge in [-0.15, -0.1) is 0 Å². The maximum absolute atomic E-state index is 11.7. The van der Waals surface area contributed by atoms with Crippen molar-refractivity contribution in [3.63, 3.8) is 0 Å². The Labute approximate surface area is 115 Å². The molecule has 1 saturated carbocycles. The van der Waals surface area contributed by atoms with Crippen molar-refractivity contribution in [3.05, 3.63) is 0 Å². The number of hydrogen-bond acceptors (Lipinski definition) is 3. The number of alkyl carbamates (subject to hydrolysis) is 1. The molecule has 110 valence electrons. The lowest BCUT2D eigenvalue weighted by Crippen LogP contribution is -2.39. The third-order valence-electron chi connectivity index (χ3n) is 3.78. The van der Waals surface area contributed by atoms with E-state index in [1.807, 2.05) is 13.8 Å². The van der Waals surface area contributed by atoms with Crippen molar-refractivity contribution in [2.75, 3.05) is 6.54 Å². The van der Waals surface area contributed by atoms with Crippen LogP contribution in [0, 0.1) is 5.41 Å². The first kappa shape index (κ1) is 15.8. The highest BCUT2D eigenvalue weighted by molar-refractivity contribution is 5.80. The van der Waals surface area contributed by atoms with Crippen LogP contribution in [0.2, 0.25) is 0 Å². The number of carbonyl (C=O) groups is 2. The highest BCUT2D eigenvalue weighted by Gasteiger charge is 2.36. The summed E-state index contributed by atoms with van der Waals surface area (Å²) < 4.78 is 4.97. The SMILES string of the molecule is CC(C)OC(=O)NCCCC1(C(N)=O)CCCCC1. The smallest absolute Gasteiger partial charge is 0.407 e. The van der Waals surface area contributed by atoms with E-state index in [0.29, 0.717) is 6.54 Å². The quantitative estimate of drug-likeness (QED) is 0.727. The Morgan fingerprint density at radius 3 is 2.42 bits per heavy atom. The van der Waals surface area contributed by atoms with Crippen molar-refractivity contribution < 1.29 is 14.3 Å². The van der Waals surface area contributed by atoms with Crippen LogP contribution >= 0.6 is 0 Å². The Morgan fingerprint density at radius 2 is 1.89 bits per heavy atom. The fraction of sp³-hybridized carbons (Fsp3) is 0.857. The molecule has 0 atom stereocenters. The summed E-state index contributed by atoms with van der Waals surface area (Å²) in [6.45, 7) is 4.15. The highest BCUT2D eigenvalue weighted by atomic mass is 16.6. The number of amides is 2. The molecule has 1 rings (SSSR count). The van der Waals surface area contributed by atoms with Crippen LogP contribution in [-0.2, 0) is 9.53 Å². The predicted molar refractivity (Wildman–Crippen MR) is 73.6 cm³/mol. The summed E-state index contributed by atoms with van der Waals surface area (Å²) in [6, 6.07) is 0. The molecule has 1 aliphatic carbocycles.